The molecule has 0 radical (unpaired) electrons. The Bertz CT molecular complexity index is 609. The fraction of sp³-hybridized carbons (Fsp3) is 0.417. The van der Waals surface area contributed by atoms with Crippen molar-refractivity contribution in [3.63, 3.8) is 0 Å². The van der Waals surface area contributed by atoms with Crippen molar-refractivity contribution in [2.75, 3.05) is 12.4 Å². The average Bonchev–Trinajstić information content (AvgIpc) is 3.07. The van der Waals surface area contributed by atoms with Gasteiger partial charge in [0.25, 0.3) is 5.19 Å². The lowest BCUT2D eigenvalue weighted by atomic mass is 9.93. The summed E-state index contributed by atoms with van der Waals surface area (Å²) >= 11 is 1.18. The van der Waals surface area contributed by atoms with Gasteiger partial charge in [-0.25, -0.2) is 4.79 Å². The molecule has 106 valence electrons. The molecule has 1 aliphatic carbocycles. The number of carbonyl (C=O) groups is 1. The van der Waals surface area contributed by atoms with E-state index in [1.54, 1.807) is 6.26 Å². The van der Waals surface area contributed by atoms with Crippen molar-refractivity contribution in [3.05, 3.63) is 23.7 Å². The smallest absolute Gasteiger partial charge is 0.321 e. The Morgan fingerprint density at radius 3 is 3.25 bits per heavy atom. The first-order chi connectivity index (χ1) is 9.76. The first-order valence-corrected chi connectivity index (χ1v) is 7.09. The molecule has 0 bridgehead atoms. The Morgan fingerprint density at radius 1 is 1.55 bits per heavy atom. The maximum Gasteiger partial charge on any atom is 0.321 e. The molecule has 20 heavy (non-hydrogen) atoms. The number of aryl methyl sites for hydroxylation is 1. The van der Waals surface area contributed by atoms with Crippen molar-refractivity contribution in [2.24, 2.45) is 0 Å². The van der Waals surface area contributed by atoms with E-state index in [1.165, 1.54) is 18.4 Å². The zero-order valence-corrected chi connectivity index (χ0v) is 11.7. The van der Waals surface area contributed by atoms with Crippen LogP contribution in [0.1, 0.15) is 30.2 Å². The van der Waals surface area contributed by atoms with E-state index in [2.05, 4.69) is 20.8 Å². The molecule has 0 saturated heterocycles. The number of nitrogens with one attached hydrogen (secondary N) is 2. The maximum absolute atomic E-state index is 12.0. The topological polar surface area (TPSA) is 89.3 Å². The predicted octanol–water partition coefficient (Wildman–Crippen LogP) is 2.34. The molecule has 2 aromatic heterocycles. The van der Waals surface area contributed by atoms with Gasteiger partial charge in [0.05, 0.1) is 19.4 Å². The number of urea groups is 1. The third-order valence-electron chi connectivity index (χ3n) is 3.16. The molecule has 0 spiro atoms. The van der Waals surface area contributed by atoms with Gasteiger partial charge in [-0.2, -0.15) is 0 Å². The van der Waals surface area contributed by atoms with Gasteiger partial charge in [-0.05, 0) is 30.2 Å². The number of fused-ring (bicyclic) bond motifs is 1. The summed E-state index contributed by atoms with van der Waals surface area (Å²) in [4.78, 5) is 12.0. The van der Waals surface area contributed by atoms with Crippen molar-refractivity contribution in [1.29, 1.82) is 0 Å². The van der Waals surface area contributed by atoms with Gasteiger partial charge in [0, 0.05) is 12.0 Å². The number of hydrogen-bond acceptors (Lipinski definition) is 6. The van der Waals surface area contributed by atoms with Crippen molar-refractivity contribution in [2.45, 2.75) is 25.3 Å². The third kappa shape index (κ3) is 2.60. The number of ether oxygens (including phenoxy) is 1. The quantitative estimate of drug-likeness (QED) is 0.907. The Labute approximate surface area is 119 Å². The minimum Gasteiger partial charge on any atom is -0.472 e. The van der Waals surface area contributed by atoms with Crippen molar-refractivity contribution >= 4 is 22.5 Å². The summed E-state index contributed by atoms with van der Waals surface area (Å²) in [5.41, 5.74) is 1.06. The number of hydrogen-bond donors (Lipinski definition) is 2. The summed E-state index contributed by atoms with van der Waals surface area (Å²) in [5.74, 6) is 0.958. The number of amides is 2. The number of rotatable bonds is 3. The van der Waals surface area contributed by atoms with Gasteiger partial charge in [0.2, 0.25) is 5.13 Å². The molecule has 1 unspecified atom stereocenters. The van der Waals surface area contributed by atoms with Crippen LogP contribution in [0.25, 0.3) is 0 Å². The van der Waals surface area contributed by atoms with Gasteiger partial charge in [0.15, 0.2) is 0 Å². The van der Waals surface area contributed by atoms with Crippen molar-refractivity contribution in [3.8, 4) is 5.19 Å². The number of carbonyl (C=O) groups excluding carboxylic acids is 1. The second kappa shape index (κ2) is 5.49. The Morgan fingerprint density at radius 2 is 2.45 bits per heavy atom. The fourth-order valence-electron chi connectivity index (χ4n) is 2.27. The van der Waals surface area contributed by atoms with E-state index in [9.17, 15) is 4.79 Å². The zero-order chi connectivity index (χ0) is 13.9. The highest BCUT2D eigenvalue weighted by atomic mass is 32.1. The molecular weight excluding hydrogens is 280 g/mol. The van der Waals surface area contributed by atoms with Gasteiger partial charge >= 0.3 is 6.03 Å². The first kappa shape index (κ1) is 12.9. The summed E-state index contributed by atoms with van der Waals surface area (Å²) in [7, 11) is 1.51. The lowest BCUT2D eigenvalue weighted by molar-refractivity contribution is 0.246. The van der Waals surface area contributed by atoms with Crippen LogP contribution in [-0.2, 0) is 6.42 Å². The summed E-state index contributed by atoms with van der Waals surface area (Å²) in [5, 5.41) is 14.0. The van der Waals surface area contributed by atoms with Crippen LogP contribution in [0.4, 0.5) is 9.93 Å². The fourth-order valence-corrected chi connectivity index (χ4v) is 2.83. The van der Waals surface area contributed by atoms with Gasteiger partial charge in [-0.3, -0.25) is 5.32 Å². The van der Waals surface area contributed by atoms with E-state index in [4.69, 9.17) is 9.15 Å². The van der Waals surface area contributed by atoms with Crippen molar-refractivity contribution in [1.82, 2.24) is 15.5 Å². The highest BCUT2D eigenvalue weighted by Crippen LogP contribution is 2.30. The van der Waals surface area contributed by atoms with E-state index in [0.29, 0.717) is 10.3 Å². The van der Waals surface area contributed by atoms with Crippen molar-refractivity contribution < 1.29 is 13.9 Å². The third-order valence-corrected chi connectivity index (χ3v) is 3.96. The van der Waals surface area contributed by atoms with Crippen LogP contribution in [0.2, 0.25) is 0 Å². The van der Waals surface area contributed by atoms with Gasteiger partial charge in [0.1, 0.15) is 5.76 Å². The number of nitrogens with zero attached hydrogens (tertiary/aromatic N) is 2. The number of methoxy groups -OCH3 is 1. The van der Waals surface area contributed by atoms with Gasteiger partial charge in [-0.15, -0.1) is 5.10 Å². The lowest BCUT2D eigenvalue weighted by Crippen LogP contribution is -2.34. The van der Waals surface area contributed by atoms with E-state index in [0.717, 1.165) is 30.6 Å². The molecule has 8 heteroatoms. The van der Waals surface area contributed by atoms with Crippen LogP contribution < -0.4 is 15.4 Å². The van der Waals surface area contributed by atoms with Gasteiger partial charge in [-0.1, -0.05) is 5.10 Å². The van der Waals surface area contributed by atoms with Crippen LogP contribution in [0.3, 0.4) is 0 Å². The second-order valence-electron chi connectivity index (χ2n) is 4.42. The van der Waals surface area contributed by atoms with E-state index in [1.807, 2.05) is 6.07 Å². The number of anilines is 1. The second-order valence-corrected chi connectivity index (χ2v) is 5.36. The predicted molar refractivity (Wildman–Crippen MR) is 73.0 cm³/mol. The molecule has 2 heterocycles. The van der Waals surface area contributed by atoms with E-state index >= 15 is 0 Å². The minimum atomic E-state index is -0.303. The molecule has 3 rings (SSSR count). The molecule has 2 aromatic rings. The molecule has 0 saturated carbocycles. The van der Waals surface area contributed by atoms with E-state index in [-0.39, 0.29) is 12.1 Å². The molecule has 0 aromatic carbocycles. The highest BCUT2D eigenvalue weighted by molar-refractivity contribution is 7.17. The normalized spacial score (nSPS) is 17.4. The molecule has 2 N–H and O–H groups in total. The standard InChI is InChI=1S/C12H14N4O3S/c1-18-12-16-15-11(20-12)14-10(17)13-8-3-2-4-9-7(8)5-6-19-9/h5-6,8H,2-4H2,1H3,(H2,13,14,15,17). The maximum atomic E-state index is 12.0. The van der Waals surface area contributed by atoms with Crippen LogP contribution >= 0.6 is 11.3 Å². The summed E-state index contributed by atoms with van der Waals surface area (Å²) < 4.78 is 10.3. The monoisotopic (exact) mass is 294 g/mol. The molecule has 0 aliphatic heterocycles. The average molecular weight is 294 g/mol. The minimum absolute atomic E-state index is 0.0210. The lowest BCUT2D eigenvalue weighted by Gasteiger charge is -2.22. The van der Waals surface area contributed by atoms with Crippen LogP contribution in [-0.4, -0.2) is 23.3 Å². The zero-order valence-electron chi connectivity index (χ0n) is 10.9. The molecule has 1 atom stereocenters. The largest absolute Gasteiger partial charge is 0.472 e. The Balaban J connectivity index is 1.62. The summed E-state index contributed by atoms with van der Waals surface area (Å²) in [6, 6.07) is 1.59. The molecule has 1 aliphatic rings. The number of furan rings is 1. The molecular formula is C12H14N4O3S. The van der Waals surface area contributed by atoms with Crippen LogP contribution in [0, 0.1) is 0 Å². The Kier molecular flexibility index (Phi) is 3.55. The Hall–Kier alpha value is -2.09. The van der Waals surface area contributed by atoms with E-state index < -0.39 is 0 Å². The molecule has 0 fully saturated rings. The first-order valence-electron chi connectivity index (χ1n) is 6.27. The highest BCUT2D eigenvalue weighted by Gasteiger charge is 2.24. The SMILES string of the molecule is COc1nnc(NC(=O)NC2CCCc3occc32)s1. The van der Waals surface area contributed by atoms with Crippen LogP contribution in [0.5, 0.6) is 5.19 Å². The molecule has 7 nitrogen and oxygen atoms in total. The summed E-state index contributed by atoms with van der Waals surface area (Å²) in [6.45, 7) is 0. The summed E-state index contributed by atoms with van der Waals surface area (Å²) in [6.07, 6.45) is 4.49. The van der Waals surface area contributed by atoms with Gasteiger partial charge < -0.3 is 14.5 Å². The molecule has 2 amide bonds. The number of aromatic nitrogens is 2. The van der Waals surface area contributed by atoms with Crippen LogP contribution in [0.15, 0.2) is 16.7 Å².